The Bertz CT molecular complexity index is 1330. The summed E-state index contributed by atoms with van der Waals surface area (Å²) >= 11 is 7.08. The lowest BCUT2D eigenvalue weighted by Crippen LogP contribution is -2.28. The third kappa shape index (κ3) is 5.00. The van der Waals surface area contributed by atoms with Gasteiger partial charge in [0.15, 0.2) is 5.16 Å². The van der Waals surface area contributed by atoms with Crippen LogP contribution in [0.3, 0.4) is 0 Å². The molecule has 0 saturated heterocycles. The number of benzene rings is 3. The van der Waals surface area contributed by atoms with E-state index in [-0.39, 0.29) is 22.2 Å². The molecule has 0 bridgehead atoms. The van der Waals surface area contributed by atoms with E-state index in [4.69, 9.17) is 11.6 Å². The highest BCUT2D eigenvalue weighted by Crippen LogP contribution is 2.24. The van der Waals surface area contributed by atoms with E-state index in [1.165, 1.54) is 22.8 Å². The smallest absolute Gasteiger partial charge is 0.266 e. The Balaban J connectivity index is 1.56. The summed E-state index contributed by atoms with van der Waals surface area (Å²) in [6, 6.07) is 20.9. The van der Waals surface area contributed by atoms with Gasteiger partial charge in [-0.1, -0.05) is 65.8 Å². The number of halogens is 2. The first-order valence-electron chi connectivity index (χ1n) is 9.93. The summed E-state index contributed by atoms with van der Waals surface area (Å²) in [4.78, 5) is 30.1. The van der Waals surface area contributed by atoms with E-state index in [0.29, 0.717) is 28.3 Å². The second-order valence-electron chi connectivity index (χ2n) is 7.02. The summed E-state index contributed by atoms with van der Waals surface area (Å²) in [7, 11) is 0. The van der Waals surface area contributed by atoms with Gasteiger partial charge >= 0.3 is 0 Å². The number of fused-ring (bicyclic) bond motifs is 1. The van der Waals surface area contributed by atoms with E-state index in [1.807, 2.05) is 30.3 Å². The van der Waals surface area contributed by atoms with E-state index in [0.717, 1.165) is 23.7 Å². The lowest BCUT2D eigenvalue weighted by Gasteiger charge is -2.13. The summed E-state index contributed by atoms with van der Waals surface area (Å²) in [6.45, 7) is 0.509. The fourth-order valence-corrected chi connectivity index (χ4v) is 4.25. The summed E-state index contributed by atoms with van der Waals surface area (Å²) in [5.41, 5.74) is 1.73. The number of amides is 1. The molecule has 0 radical (unpaired) electrons. The molecule has 1 amide bonds. The van der Waals surface area contributed by atoms with E-state index >= 15 is 0 Å². The zero-order valence-corrected chi connectivity index (χ0v) is 18.5. The van der Waals surface area contributed by atoms with Crippen LogP contribution in [0.1, 0.15) is 5.56 Å². The van der Waals surface area contributed by atoms with Crippen LogP contribution in [-0.2, 0) is 11.2 Å². The number of thioether (sulfide) groups is 1. The maximum Gasteiger partial charge on any atom is 0.266 e. The Morgan fingerprint density at radius 3 is 2.59 bits per heavy atom. The van der Waals surface area contributed by atoms with Gasteiger partial charge in [0.05, 0.1) is 27.4 Å². The minimum absolute atomic E-state index is 0.0779. The summed E-state index contributed by atoms with van der Waals surface area (Å²) in [6.07, 6.45) is 0.726. The molecular weight excluding hydrogens is 449 g/mol. The molecule has 0 fully saturated rings. The van der Waals surface area contributed by atoms with Crippen molar-refractivity contribution >= 4 is 40.2 Å². The SMILES string of the molecule is O=C(CSc1nc2ccccc2c(=O)n1-c1ccc(F)c(Cl)c1)NCCc1ccccc1. The van der Waals surface area contributed by atoms with Gasteiger partial charge in [0.1, 0.15) is 5.82 Å². The highest BCUT2D eigenvalue weighted by Gasteiger charge is 2.16. The molecule has 8 heteroatoms. The Morgan fingerprint density at radius 2 is 1.81 bits per heavy atom. The predicted molar refractivity (Wildman–Crippen MR) is 126 cm³/mol. The third-order valence-electron chi connectivity index (χ3n) is 4.82. The third-order valence-corrected chi connectivity index (χ3v) is 6.05. The quantitative estimate of drug-likeness (QED) is 0.318. The van der Waals surface area contributed by atoms with Gasteiger partial charge in [0.2, 0.25) is 5.91 Å². The van der Waals surface area contributed by atoms with Crippen LogP contribution >= 0.6 is 23.4 Å². The number of aromatic nitrogens is 2. The molecular formula is C24H19ClFN3O2S. The molecule has 162 valence electrons. The summed E-state index contributed by atoms with van der Waals surface area (Å²) in [5.74, 6) is -0.671. The Morgan fingerprint density at radius 1 is 1.06 bits per heavy atom. The van der Waals surface area contributed by atoms with Crippen molar-refractivity contribution in [2.45, 2.75) is 11.6 Å². The first-order chi connectivity index (χ1) is 15.5. The molecule has 4 rings (SSSR count). The Labute approximate surface area is 193 Å². The van der Waals surface area contributed by atoms with E-state index in [9.17, 15) is 14.0 Å². The largest absolute Gasteiger partial charge is 0.355 e. The second kappa shape index (κ2) is 9.97. The first kappa shape index (κ1) is 22.0. The van der Waals surface area contributed by atoms with E-state index in [1.54, 1.807) is 24.3 Å². The summed E-state index contributed by atoms with van der Waals surface area (Å²) in [5, 5.41) is 3.53. The van der Waals surface area contributed by atoms with E-state index < -0.39 is 5.82 Å². The molecule has 0 saturated carbocycles. The van der Waals surface area contributed by atoms with Gasteiger partial charge in [0, 0.05) is 6.54 Å². The predicted octanol–water partition coefficient (Wildman–Crippen LogP) is 4.63. The van der Waals surface area contributed by atoms with Gasteiger partial charge in [-0.3, -0.25) is 14.2 Å². The lowest BCUT2D eigenvalue weighted by molar-refractivity contribution is -0.118. The van der Waals surface area contributed by atoms with E-state index in [2.05, 4.69) is 10.3 Å². The monoisotopic (exact) mass is 467 g/mol. The van der Waals surface area contributed by atoms with Crippen LogP contribution in [0, 0.1) is 5.82 Å². The van der Waals surface area contributed by atoms with Crippen molar-refractivity contribution in [1.29, 1.82) is 0 Å². The van der Waals surface area contributed by atoms with Gasteiger partial charge in [-0.05, 0) is 42.3 Å². The molecule has 1 aromatic heterocycles. The molecule has 1 N–H and O–H groups in total. The van der Waals surface area contributed by atoms with Crippen molar-refractivity contribution < 1.29 is 9.18 Å². The van der Waals surface area contributed by atoms with Crippen molar-refractivity contribution in [2.75, 3.05) is 12.3 Å². The Kier molecular flexibility index (Phi) is 6.87. The molecule has 0 aliphatic rings. The highest BCUT2D eigenvalue weighted by molar-refractivity contribution is 7.99. The molecule has 3 aromatic carbocycles. The molecule has 0 aliphatic carbocycles. The molecule has 1 heterocycles. The van der Waals surface area contributed by atoms with Crippen LogP contribution < -0.4 is 10.9 Å². The van der Waals surface area contributed by atoms with Crippen LogP contribution in [0.2, 0.25) is 5.02 Å². The number of hydrogen-bond donors (Lipinski definition) is 1. The van der Waals surface area contributed by atoms with Gasteiger partial charge in [0.25, 0.3) is 5.56 Å². The van der Waals surface area contributed by atoms with Gasteiger partial charge < -0.3 is 5.32 Å². The van der Waals surface area contributed by atoms with Crippen LogP contribution in [0.15, 0.2) is 82.7 Å². The maximum absolute atomic E-state index is 13.7. The highest BCUT2D eigenvalue weighted by atomic mass is 35.5. The van der Waals surface area contributed by atoms with Crippen LogP contribution in [-0.4, -0.2) is 27.8 Å². The average molecular weight is 468 g/mol. The molecule has 5 nitrogen and oxygen atoms in total. The maximum atomic E-state index is 13.7. The van der Waals surface area contributed by atoms with Gasteiger partial charge in [-0.15, -0.1) is 0 Å². The Hall–Kier alpha value is -3.16. The molecule has 0 spiro atoms. The normalized spacial score (nSPS) is 10.9. The number of hydrogen-bond acceptors (Lipinski definition) is 4. The average Bonchev–Trinajstić information content (AvgIpc) is 2.80. The molecule has 0 atom stereocenters. The summed E-state index contributed by atoms with van der Waals surface area (Å²) < 4.78 is 15.0. The number of rotatable bonds is 7. The molecule has 0 unspecified atom stereocenters. The molecule has 0 aliphatic heterocycles. The molecule has 32 heavy (non-hydrogen) atoms. The standard InChI is InChI=1S/C24H19ClFN3O2S/c25-19-14-17(10-11-20(19)26)29-23(31)18-8-4-5-9-21(18)28-24(29)32-15-22(30)27-13-12-16-6-2-1-3-7-16/h1-11,14H,12-13,15H2,(H,27,30). The van der Waals surface area contributed by atoms with Crippen molar-refractivity contribution in [1.82, 2.24) is 14.9 Å². The second-order valence-corrected chi connectivity index (χ2v) is 8.37. The minimum atomic E-state index is -0.579. The number of carbonyl (C=O) groups excluding carboxylic acids is 1. The van der Waals surface area contributed by atoms with Crippen molar-refractivity contribution in [3.05, 3.63) is 99.6 Å². The number of carbonyl (C=O) groups is 1. The minimum Gasteiger partial charge on any atom is -0.355 e. The lowest BCUT2D eigenvalue weighted by atomic mass is 10.1. The van der Waals surface area contributed by atoms with Crippen molar-refractivity contribution in [2.24, 2.45) is 0 Å². The zero-order valence-electron chi connectivity index (χ0n) is 16.9. The fraction of sp³-hybridized carbons (Fsp3) is 0.125. The van der Waals surface area contributed by atoms with Gasteiger partial charge in [-0.2, -0.15) is 0 Å². The van der Waals surface area contributed by atoms with Crippen molar-refractivity contribution in [3.8, 4) is 5.69 Å². The van der Waals surface area contributed by atoms with Crippen LogP contribution in [0.5, 0.6) is 0 Å². The first-order valence-corrected chi connectivity index (χ1v) is 11.3. The fourth-order valence-electron chi connectivity index (χ4n) is 3.23. The van der Waals surface area contributed by atoms with Crippen LogP contribution in [0.25, 0.3) is 16.6 Å². The molecule has 4 aromatic rings. The number of nitrogens with one attached hydrogen (secondary N) is 1. The van der Waals surface area contributed by atoms with Crippen molar-refractivity contribution in [3.63, 3.8) is 0 Å². The van der Waals surface area contributed by atoms with Crippen LogP contribution in [0.4, 0.5) is 4.39 Å². The van der Waals surface area contributed by atoms with Gasteiger partial charge in [-0.25, -0.2) is 9.37 Å². The zero-order chi connectivity index (χ0) is 22.5. The number of nitrogens with zero attached hydrogens (tertiary/aromatic N) is 2. The topological polar surface area (TPSA) is 64.0 Å². The number of para-hydroxylation sites is 1.